The molecule has 2 aromatic rings. The summed E-state index contributed by atoms with van der Waals surface area (Å²) in [6.45, 7) is 8.47. The SMILES string of the molecule is CC[C@H](C)[C@@H]1NC(=O)[C@H](CC(C)C)N(C)C(=O)C[C@@H](C(=O)N2CCCC2)N(C)C(=O)[C@H](C2CCCC2)N(C)C(=O)C2(CCCC2)NC(=O)[C@@H]2CCCN2C(=O)[C@H](CCc2ccc(C(F)(F)F)c(Cl)c2)NC(=O)CN(C)C(=O)[C@H](Cc2ccc(C(F)(F)F)cc2)N(C)C(=O)[C@@H]2CCN2C(=O)[C@H](C)N(C)C1=O. The molecule has 105 heavy (non-hydrogen) atoms. The smallest absolute Gasteiger partial charge is 0.343 e. The molecule has 4 heterocycles. The third-order valence-electron chi connectivity index (χ3n) is 22.6. The van der Waals surface area contributed by atoms with Crippen LogP contribution in [-0.2, 0) is 82.7 Å². The van der Waals surface area contributed by atoms with E-state index >= 15 is 24.0 Å². The van der Waals surface area contributed by atoms with Crippen LogP contribution >= 0.6 is 11.6 Å². The summed E-state index contributed by atoms with van der Waals surface area (Å²) in [5.41, 5.74) is -3.37. The maximum Gasteiger partial charge on any atom is 0.417 e. The predicted octanol–water partition coefficient (Wildman–Crippen LogP) is 6.47. The van der Waals surface area contributed by atoms with Crippen LogP contribution in [0, 0.1) is 17.8 Å². The van der Waals surface area contributed by atoms with Crippen LogP contribution in [0.25, 0.3) is 0 Å². The van der Waals surface area contributed by atoms with Crippen LogP contribution in [0.2, 0.25) is 5.02 Å². The minimum Gasteiger partial charge on any atom is -0.343 e. The third-order valence-corrected chi connectivity index (χ3v) is 22.9. The van der Waals surface area contributed by atoms with Gasteiger partial charge in [0, 0.05) is 74.9 Å². The number of nitrogens with one attached hydrogen (secondary N) is 3. The van der Waals surface area contributed by atoms with E-state index in [1.807, 2.05) is 13.8 Å². The number of aryl methyl sites for hydroxylation is 1. The van der Waals surface area contributed by atoms with Gasteiger partial charge in [0.25, 0.3) is 0 Å². The molecule has 2 aliphatic carbocycles. The van der Waals surface area contributed by atoms with E-state index in [-0.39, 0.29) is 81.5 Å². The number of benzene rings is 2. The van der Waals surface area contributed by atoms with Crippen LogP contribution in [0.4, 0.5) is 26.3 Å². The first-order valence-corrected chi connectivity index (χ1v) is 37.1. The minimum absolute atomic E-state index is 0.0114. The number of alkyl halides is 6. The molecule has 0 bridgehead atoms. The summed E-state index contributed by atoms with van der Waals surface area (Å²) in [5.74, 6) is -9.99. The van der Waals surface area contributed by atoms with Crippen LogP contribution < -0.4 is 16.0 Å². The topological polar surface area (TPSA) is 270 Å². The van der Waals surface area contributed by atoms with Crippen LogP contribution in [-0.4, -0.2) is 250 Å². The lowest BCUT2D eigenvalue weighted by Crippen LogP contribution is -2.65. The van der Waals surface area contributed by atoms with Gasteiger partial charge in [-0.05, 0) is 137 Å². The fourth-order valence-electron chi connectivity index (χ4n) is 15.7. The molecule has 31 heteroatoms. The van der Waals surface area contributed by atoms with Crippen molar-refractivity contribution in [1.29, 1.82) is 0 Å². The van der Waals surface area contributed by atoms with Gasteiger partial charge in [0.1, 0.15) is 59.9 Å². The number of carbonyl (C=O) groups is 12. The molecule has 8 rings (SSSR count). The molecular formula is C74H103ClF6N12O12. The summed E-state index contributed by atoms with van der Waals surface area (Å²) in [4.78, 5) is 192. The molecule has 6 fully saturated rings. The number of hydrogen-bond acceptors (Lipinski definition) is 12. The molecule has 6 aliphatic rings. The van der Waals surface area contributed by atoms with Gasteiger partial charge < -0.3 is 60.0 Å². The second-order valence-electron chi connectivity index (χ2n) is 30.1. The quantitative estimate of drug-likeness (QED) is 0.205. The fraction of sp³-hybridized carbons (Fsp3) is 0.676. The van der Waals surface area contributed by atoms with E-state index in [9.17, 15) is 59.9 Å². The van der Waals surface area contributed by atoms with E-state index < -0.39 is 191 Å². The Hall–Kier alpha value is -8.05. The van der Waals surface area contributed by atoms with Gasteiger partial charge in [-0.2, -0.15) is 26.3 Å². The Bertz CT molecular complexity index is 3550. The third kappa shape index (κ3) is 19.0. The molecule has 1 spiro atoms. The van der Waals surface area contributed by atoms with Crippen molar-refractivity contribution in [3.8, 4) is 0 Å². The highest BCUT2D eigenvalue weighted by atomic mass is 35.5. The van der Waals surface area contributed by atoms with Crippen molar-refractivity contribution in [1.82, 2.24) is 60.0 Å². The summed E-state index contributed by atoms with van der Waals surface area (Å²) < 4.78 is 83.3. The number of hydrogen-bond donors (Lipinski definition) is 3. The van der Waals surface area contributed by atoms with Crippen LogP contribution in [0.1, 0.15) is 166 Å². The largest absolute Gasteiger partial charge is 0.417 e. The van der Waals surface area contributed by atoms with Crippen LogP contribution in [0.15, 0.2) is 42.5 Å². The molecule has 580 valence electrons. The molecule has 12 amide bonds. The van der Waals surface area contributed by atoms with Crippen LogP contribution in [0.5, 0.6) is 0 Å². The Kier molecular flexibility index (Phi) is 27.3. The lowest BCUT2D eigenvalue weighted by atomic mass is 9.90. The maximum absolute atomic E-state index is 15.7. The first-order chi connectivity index (χ1) is 49.3. The Balaban J connectivity index is 1.19. The van der Waals surface area contributed by atoms with Gasteiger partial charge >= 0.3 is 12.4 Å². The molecule has 10 atom stereocenters. The Labute approximate surface area is 615 Å². The van der Waals surface area contributed by atoms with Crippen molar-refractivity contribution in [2.75, 3.05) is 75.0 Å². The molecule has 4 aliphatic heterocycles. The number of carbonyl (C=O) groups excluding carboxylic acids is 12. The Morgan fingerprint density at radius 1 is 0.610 bits per heavy atom. The van der Waals surface area contributed by atoms with Gasteiger partial charge in [-0.3, -0.25) is 57.5 Å². The van der Waals surface area contributed by atoms with Crippen molar-refractivity contribution in [2.45, 2.75) is 229 Å². The highest BCUT2D eigenvalue weighted by Crippen LogP contribution is 2.39. The number of likely N-dealkylation sites (tertiary alicyclic amines) is 1. The maximum atomic E-state index is 15.7. The predicted molar refractivity (Wildman–Crippen MR) is 375 cm³/mol. The number of amides is 12. The Morgan fingerprint density at radius 3 is 1.80 bits per heavy atom. The van der Waals surface area contributed by atoms with Gasteiger partial charge in [-0.25, -0.2) is 0 Å². The molecule has 0 aromatic heterocycles. The first-order valence-electron chi connectivity index (χ1n) is 36.7. The van der Waals surface area contributed by atoms with Gasteiger partial charge in [0.05, 0.1) is 29.1 Å². The lowest BCUT2D eigenvalue weighted by Gasteiger charge is -2.45. The summed E-state index contributed by atoms with van der Waals surface area (Å²) in [6.07, 6.45) is -5.21. The summed E-state index contributed by atoms with van der Waals surface area (Å²) in [6, 6.07) is -5.25. The molecule has 3 N–H and O–H groups in total. The van der Waals surface area contributed by atoms with Gasteiger partial charge in [0.15, 0.2) is 0 Å². The molecular weight excluding hydrogens is 1400 g/mol. The zero-order valence-corrected chi connectivity index (χ0v) is 62.8. The number of rotatable bonds is 11. The standard InChI is InChI=1S/C74H103ClF6N12O12/c1-12-44(4)60-69(103)86(7)45(5)64(98)93-37-31-54(93)67(101)88(9)56(40-47-23-27-49(28-24-47)73(76,77)78)66(100)85(6)42-58(94)82-52(30-26-46-25-29-50(51(75)39-46)74(79,80)81)65(99)92-36-19-22-53(92)63(97)84-72(32-15-16-33-72)71(105)90(11)61(48-20-13-14-21-48)70(104)89(10)57(68(102)91-34-17-18-35-91)41-59(95)87(8)55(38-43(2)3)62(96)83-60/h23-25,27-29,39,43-45,48,52-57,60-61H,12-22,26,30-38,40-42H2,1-11H3,(H,82,94)(H,83,96)(H,84,97)/t44-,45-,52-,53-,54-,55-,56-,57-,60-,61-/m0/s1. The number of nitrogens with zero attached hydrogens (tertiary/aromatic N) is 9. The molecule has 2 saturated carbocycles. The highest BCUT2D eigenvalue weighted by Gasteiger charge is 2.52. The van der Waals surface area contributed by atoms with E-state index in [1.165, 1.54) is 73.7 Å². The van der Waals surface area contributed by atoms with Crippen LogP contribution in [0.3, 0.4) is 0 Å². The lowest BCUT2D eigenvalue weighted by molar-refractivity contribution is -0.160. The molecule has 0 unspecified atom stereocenters. The average Bonchev–Trinajstić information content (AvgIpc) is 1.77. The van der Waals surface area contributed by atoms with Gasteiger partial charge in [0.2, 0.25) is 70.9 Å². The first kappa shape index (κ1) is 82.6. The number of likely N-dealkylation sites (N-methyl/N-ethyl adjacent to an activating group) is 6. The second-order valence-corrected chi connectivity index (χ2v) is 30.5. The molecule has 2 aromatic carbocycles. The van der Waals surface area contributed by atoms with Crippen molar-refractivity contribution in [3.63, 3.8) is 0 Å². The van der Waals surface area contributed by atoms with Crippen molar-refractivity contribution < 1.29 is 83.9 Å². The molecule has 24 nitrogen and oxygen atoms in total. The monoisotopic (exact) mass is 1500 g/mol. The van der Waals surface area contributed by atoms with Gasteiger partial charge in [-0.1, -0.05) is 89.6 Å². The summed E-state index contributed by atoms with van der Waals surface area (Å²) >= 11 is 6.14. The summed E-state index contributed by atoms with van der Waals surface area (Å²) in [7, 11) is 8.12. The minimum atomic E-state index is -4.81. The number of fused-ring (bicyclic) bond motifs is 2. The summed E-state index contributed by atoms with van der Waals surface area (Å²) in [5, 5.41) is 7.94. The fourth-order valence-corrected chi connectivity index (χ4v) is 16.0. The zero-order valence-electron chi connectivity index (χ0n) is 62.0. The Morgan fingerprint density at radius 2 is 1.23 bits per heavy atom. The second kappa shape index (κ2) is 34.7. The van der Waals surface area contributed by atoms with E-state index in [1.54, 1.807) is 18.7 Å². The van der Waals surface area contributed by atoms with Crippen molar-refractivity contribution in [3.05, 3.63) is 69.7 Å². The highest BCUT2D eigenvalue weighted by molar-refractivity contribution is 6.31. The van der Waals surface area contributed by atoms with Gasteiger partial charge in [-0.15, -0.1) is 0 Å². The zero-order chi connectivity index (χ0) is 77.5. The normalized spacial score (nSPS) is 26.9. The van der Waals surface area contributed by atoms with E-state index in [0.717, 1.165) is 57.2 Å². The molecule has 0 radical (unpaired) electrons. The van der Waals surface area contributed by atoms with E-state index in [4.69, 9.17) is 11.6 Å². The van der Waals surface area contributed by atoms with E-state index in [0.29, 0.717) is 70.9 Å². The van der Waals surface area contributed by atoms with Crippen molar-refractivity contribution in [2.24, 2.45) is 17.8 Å². The average molecular weight is 1500 g/mol. The van der Waals surface area contributed by atoms with Crippen molar-refractivity contribution >= 4 is 82.5 Å². The number of halogens is 7. The molecule has 4 saturated heterocycles. The van der Waals surface area contributed by atoms with E-state index in [2.05, 4.69) is 16.0 Å².